The summed E-state index contributed by atoms with van der Waals surface area (Å²) < 4.78 is 16.3. The predicted molar refractivity (Wildman–Crippen MR) is 144 cm³/mol. The molecule has 2 aromatic rings. The number of carbonyl (C=O) groups excluding carboxylic acids is 1. The Morgan fingerprint density at radius 1 is 1.08 bits per heavy atom. The molecule has 0 aromatic heterocycles. The second-order valence-corrected chi connectivity index (χ2v) is 10.0. The van der Waals surface area contributed by atoms with Crippen LogP contribution in [0.5, 0.6) is 11.5 Å². The fourth-order valence-corrected chi connectivity index (χ4v) is 5.68. The largest absolute Gasteiger partial charge is 0.495 e. The van der Waals surface area contributed by atoms with E-state index in [1.54, 1.807) is 14.2 Å². The van der Waals surface area contributed by atoms with Crippen LogP contribution in [0, 0.1) is 13.8 Å². The average Bonchev–Trinajstić information content (AvgIpc) is 2.89. The van der Waals surface area contributed by atoms with E-state index in [4.69, 9.17) is 25.8 Å². The van der Waals surface area contributed by atoms with E-state index in [1.165, 1.54) is 24.0 Å². The summed E-state index contributed by atoms with van der Waals surface area (Å²) in [5, 5.41) is 3.43. The summed E-state index contributed by atoms with van der Waals surface area (Å²) in [6.45, 7) is 8.22. The van der Waals surface area contributed by atoms with Gasteiger partial charge >= 0.3 is 0 Å². The molecule has 0 saturated carbocycles. The van der Waals surface area contributed by atoms with Crippen molar-refractivity contribution in [3.8, 4) is 11.5 Å². The molecule has 2 atom stereocenters. The molecule has 2 fully saturated rings. The molecule has 4 rings (SSSR count). The van der Waals surface area contributed by atoms with Crippen LogP contribution in [0.1, 0.15) is 42.0 Å². The van der Waals surface area contributed by atoms with E-state index in [-0.39, 0.29) is 12.5 Å². The minimum absolute atomic E-state index is 0.00624. The van der Waals surface area contributed by atoms with Crippen molar-refractivity contribution in [3.05, 3.63) is 52.0 Å². The maximum Gasteiger partial charge on any atom is 0.258 e. The number of nitrogens with zero attached hydrogens (tertiary/aromatic N) is 2. The topological polar surface area (TPSA) is 63.3 Å². The normalized spacial score (nSPS) is 20.1. The van der Waals surface area contributed by atoms with Gasteiger partial charge in [-0.3, -0.25) is 9.69 Å². The van der Waals surface area contributed by atoms with E-state index in [2.05, 4.69) is 41.1 Å². The Bertz CT molecular complexity index is 1060. The molecular formula is C28H38ClN3O4. The zero-order valence-electron chi connectivity index (χ0n) is 21.8. The highest BCUT2D eigenvalue weighted by molar-refractivity contribution is 6.32. The number of methoxy groups -OCH3 is 2. The van der Waals surface area contributed by atoms with Crippen LogP contribution < -0.4 is 19.7 Å². The molecular weight excluding hydrogens is 478 g/mol. The molecule has 7 nitrogen and oxygen atoms in total. The number of halogens is 1. The molecule has 2 saturated heterocycles. The van der Waals surface area contributed by atoms with Gasteiger partial charge < -0.3 is 24.4 Å². The number of benzene rings is 2. The first-order valence-electron chi connectivity index (χ1n) is 12.8. The van der Waals surface area contributed by atoms with Crippen molar-refractivity contribution in [1.29, 1.82) is 0 Å². The van der Waals surface area contributed by atoms with Crippen molar-refractivity contribution >= 4 is 23.2 Å². The molecule has 2 aliphatic heterocycles. The quantitative estimate of drug-likeness (QED) is 0.495. The number of piperazine rings is 1. The molecule has 36 heavy (non-hydrogen) atoms. The predicted octanol–water partition coefficient (Wildman–Crippen LogP) is 4.52. The number of hydrogen-bond acceptors (Lipinski definition) is 6. The van der Waals surface area contributed by atoms with E-state index in [1.807, 2.05) is 18.2 Å². The summed E-state index contributed by atoms with van der Waals surface area (Å²) in [4.78, 5) is 17.2. The first kappa shape index (κ1) is 26.6. The van der Waals surface area contributed by atoms with Gasteiger partial charge in [-0.2, -0.15) is 0 Å². The van der Waals surface area contributed by atoms with Crippen molar-refractivity contribution in [2.45, 2.75) is 45.2 Å². The number of hydrogen-bond donors (Lipinski definition) is 1. The fraction of sp³-hybridized carbons (Fsp3) is 0.536. The molecule has 2 aliphatic rings. The van der Waals surface area contributed by atoms with E-state index in [9.17, 15) is 4.79 Å². The number of anilines is 1. The monoisotopic (exact) mass is 515 g/mol. The number of carbonyl (C=O) groups is 1. The van der Waals surface area contributed by atoms with Crippen molar-refractivity contribution in [1.82, 2.24) is 10.2 Å². The van der Waals surface area contributed by atoms with Crippen LogP contribution in [0.15, 0.2) is 30.3 Å². The Morgan fingerprint density at radius 3 is 2.69 bits per heavy atom. The molecule has 0 radical (unpaired) electrons. The summed E-state index contributed by atoms with van der Waals surface area (Å²) in [5.74, 6) is 1.35. The number of amides is 1. The van der Waals surface area contributed by atoms with Crippen LogP contribution in [0.25, 0.3) is 0 Å². The summed E-state index contributed by atoms with van der Waals surface area (Å²) in [6, 6.07) is 11.2. The molecule has 8 heteroatoms. The Kier molecular flexibility index (Phi) is 8.99. The number of fused-ring (bicyclic) bond motifs is 1. The van der Waals surface area contributed by atoms with E-state index >= 15 is 0 Å². The van der Waals surface area contributed by atoms with Gasteiger partial charge in [0.25, 0.3) is 5.91 Å². The van der Waals surface area contributed by atoms with Gasteiger partial charge in [0, 0.05) is 57.1 Å². The van der Waals surface area contributed by atoms with Crippen molar-refractivity contribution in [2.24, 2.45) is 0 Å². The average molecular weight is 516 g/mol. The maximum atomic E-state index is 12.0. The van der Waals surface area contributed by atoms with E-state index in [0.717, 1.165) is 48.8 Å². The minimum Gasteiger partial charge on any atom is -0.495 e. The number of rotatable bonds is 9. The third kappa shape index (κ3) is 5.90. The van der Waals surface area contributed by atoms with Crippen molar-refractivity contribution in [2.75, 3.05) is 58.5 Å². The summed E-state index contributed by atoms with van der Waals surface area (Å²) in [5.41, 5.74) is 4.89. The first-order valence-corrected chi connectivity index (χ1v) is 13.1. The molecule has 1 amide bonds. The van der Waals surface area contributed by atoms with Gasteiger partial charge in [0.1, 0.15) is 11.5 Å². The molecule has 0 spiro atoms. The number of ether oxygens (including phenoxy) is 3. The van der Waals surface area contributed by atoms with Crippen LogP contribution >= 0.6 is 11.6 Å². The van der Waals surface area contributed by atoms with Crippen LogP contribution in [0.2, 0.25) is 5.02 Å². The van der Waals surface area contributed by atoms with Gasteiger partial charge in [-0.05, 0) is 68.0 Å². The van der Waals surface area contributed by atoms with Crippen molar-refractivity contribution < 1.29 is 19.0 Å². The Morgan fingerprint density at radius 2 is 1.92 bits per heavy atom. The minimum atomic E-state index is -0.139. The van der Waals surface area contributed by atoms with Gasteiger partial charge in [0.05, 0.1) is 18.7 Å². The van der Waals surface area contributed by atoms with E-state index in [0.29, 0.717) is 30.3 Å². The first-order chi connectivity index (χ1) is 17.4. The Balaban J connectivity index is 1.43. The second-order valence-electron chi connectivity index (χ2n) is 9.64. The maximum absolute atomic E-state index is 12.0. The molecule has 0 unspecified atom stereocenters. The van der Waals surface area contributed by atoms with Gasteiger partial charge in [-0.25, -0.2) is 0 Å². The second kappa shape index (κ2) is 12.2. The van der Waals surface area contributed by atoms with Gasteiger partial charge in [-0.15, -0.1) is 0 Å². The SMILES string of the molecule is COCCNC(=O)COc1ccc([C@H]2CCC[C@H]3CN(c4ccc(Cl)c(OC)c4)CCN32)c(C)c1C. The lowest BCUT2D eigenvalue weighted by molar-refractivity contribution is -0.123. The lowest BCUT2D eigenvalue weighted by Crippen LogP contribution is -2.56. The lowest BCUT2D eigenvalue weighted by atomic mass is 9.86. The van der Waals surface area contributed by atoms with Gasteiger partial charge in [-0.1, -0.05) is 17.7 Å². The molecule has 0 bridgehead atoms. The third-order valence-electron chi connectivity index (χ3n) is 7.57. The Labute approximate surface area is 219 Å². The fourth-order valence-electron chi connectivity index (χ4n) is 5.48. The highest BCUT2D eigenvalue weighted by Gasteiger charge is 2.36. The lowest BCUT2D eigenvalue weighted by Gasteiger charge is -2.49. The number of nitrogens with one attached hydrogen (secondary N) is 1. The third-order valence-corrected chi connectivity index (χ3v) is 7.88. The van der Waals surface area contributed by atoms with Crippen molar-refractivity contribution in [3.63, 3.8) is 0 Å². The van der Waals surface area contributed by atoms with Crippen LogP contribution in [-0.4, -0.2) is 70.5 Å². The van der Waals surface area contributed by atoms with E-state index < -0.39 is 0 Å². The smallest absolute Gasteiger partial charge is 0.258 e. The zero-order chi connectivity index (χ0) is 25.7. The standard InChI is InChI=1S/C28H38ClN3O4/c1-19-20(2)26(36-18-28(33)30-12-15-34-3)11-9-23(19)25-7-5-6-22-17-31(13-14-32(22)25)21-8-10-24(29)27(16-21)35-4/h8-11,16,22,25H,5-7,12-15,17-18H2,1-4H3,(H,30,33)/t22-,25+/m0/s1. The van der Waals surface area contributed by atoms with Crippen LogP contribution in [-0.2, 0) is 9.53 Å². The molecule has 2 heterocycles. The van der Waals surface area contributed by atoms with Crippen LogP contribution in [0.4, 0.5) is 5.69 Å². The molecule has 0 aliphatic carbocycles. The summed E-state index contributed by atoms with van der Waals surface area (Å²) in [6.07, 6.45) is 3.57. The molecule has 2 aromatic carbocycles. The van der Waals surface area contributed by atoms with Gasteiger partial charge in [0.2, 0.25) is 0 Å². The van der Waals surface area contributed by atoms with Crippen LogP contribution in [0.3, 0.4) is 0 Å². The Hall–Kier alpha value is -2.48. The summed E-state index contributed by atoms with van der Waals surface area (Å²) in [7, 11) is 3.27. The van der Waals surface area contributed by atoms with Gasteiger partial charge in [0.15, 0.2) is 6.61 Å². The molecule has 1 N–H and O–H groups in total. The molecule has 196 valence electrons. The number of piperidine rings is 1. The summed E-state index contributed by atoms with van der Waals surface area (Å²) >= 11 is 6.25. The zero-order valence-corrected chi connectivity index (χ0v) is 22.6. The highest BCUT2D eigenvalue weighted by atomic mass is 35.5. The highest BCUT2D eigenvalue weighted by Crippen LogP contribution is 2.40.